The van der Waals surface area contributed by atoms with Crippen molar-refractivity contribution < 1.29 is 0 Å². The number of aromatic nitrogens is 2. The van der Waals surface area contributed by atoms with E-state index in [1.165, 1.54) is 5.69 Å². The molecular weight excluding hydrogens is 322 g/mol. The number of hydrogen-bond donors (Lipinski definition) is 2. The summed E-state index contributed by atoms with van der Waals surface area (Å²) in [5, 5.41) is 7.59. The van der Waals surface area contributed by atoms with E-state index >= 15 is 0 Å². The highest BCUT2D eigenvalue weighted by atomic mass is 15.3. The normalized spacial score (nSPS) is 15.3. The molecule has 1 aliphatic heterocycles. The lowest BCUT2D eigenvalue weighted by molar-refractivity contribution is 0.271. The summed E-state index contributed by atoms with van der Waals surface area (Å²) in [4.78, 5) is 4.95. The van der Waals surface area contributed by atoms with Gasteiger partial charge in [0.05, 0.1) is 11.4 Å². The number of nitrogens with two attached hydrogens (primary N) is 1. The first kappa shape index (κ1) is 16.7. The Morgan fingerprint density at radius 3 is 2.23 bits per heavy atom. The fraction of sp³-hybridized carbons (Fsp3) is 0.286. The van der Waals surface area contributed by atoms with Crippen LogP contribution in [-0.4, -0.2) is 47.8 Å². The third-order valence-corrected chi connectivity index (χ3v) is 5.15. The summed E-state index contributed by atoms with van der Waals surface area (Å²) in [6, 6.07) is 18.6. The molecule has 3 aromatic rings. The van der Waals surface area contributed by atoms with Crippen molar-refractivity contribution in [3.8, 4) is 22.5 Å². The average Bonchev–Trinajstić information content (AvgIpc) is 3.19. The number of benzene rings is 2. The zero-order valence-electron chi connectivity index (χ0n) is 15.2. The highest BCUT2D eigenvalue weighted by molar-refractivity contribution is 5.70. The number of likely N-dealkylation sites (N-methyl/N-ethyl adjacent to an activating group) is 1. The van der Waals surface area contributed by atoms with E-state index in [9.17, 15) is 0 Å². The SMILES string of the molecule is CCN1CCN(c2ccc(-c3cc(-c4ccc(N)cc4)[nH]n3)cc2)CC1. The van der Waals surface area contributed by atoms with Crippen LogP contribution in [-0.2, 0) is 0 Å². The van der Waals surface area contributed by atoms with Crippen molar-refractivity contribution in [2.24, 2.45) is 0 Å². The molecule has 0 aliphatic carbocycles. The van der Waals surface area contributed by atoms with Gasteiger partial charge in [0.1, 0.15) is 0 Å². The zero-order chi connectivity index (χ0) is 17.9. The Hall–Kier alpha value is -2.79. The molecule has 26 heavy (non-hydrogen) atoms. The quantitative estimate of drug-likeness (QED) is 0.710. The minimum atomic E-state index is 0.767. The lowest BCUT2D eigenvalue weighted by atomic mass is 10.1. The number of nitrogen functional groups attached to an aromatic ring is 1. The van der Waals surface area contributed by atoms with E-state index in [1.54, 1.807) is 0 Å². The van der Waals surface area contributed by atoms with E-state index in [-0.39, 0.29) is 0 Å². The van der Waals surface area contributed by atoms with Crippen molar-refractivity contribution in [3.63, 3.8) is 0 Å². The van der Waals surface area contributed by atoms with Crippen LogP contribution in [0, 0.1) is 0 Å². The highest BCUT2D eigenvalue weighted by Crippen LogP contribution is 2.26. The van der Waals surface area contributed by atoms with Gasteiger partial charge in [-0.1, -0.05) is 31.2 Å². The van der Waals surface area contributed by atoms with Gasteiger partial charge in [-0.05, 0) is 42.4 Å². The van der Waals surface area contributed by atoms with Crippen LogP contribution in [0.25, 0.3) is 22.5 Å². The van der Waals surface area contributed by atoms with E-state index in [0.29, 0.717) is 0 Å². The molecule has 0 spiro atoms. The molecule has 0 amide bonds. The van der Waals surface area contributed by atoms with Crippen molar-refractivity contribution in [1.82, 2.24) is 15.1 Å². The molecule has 0 bridgehead atoms. The Kier molecular flexibility index (Phi) is 4.63. The first-order valence-corrected chi connectivity index (χ1v) is 9.22. The average molecular weight is 347 g/mol. The number of anilines is 2. The van der Waals surface area contributed by atoms with E-state index in [2.05, 4.69) is 57.3 Å². The zero-order valence-corrected chi connectivity index (χ0v) is 15.2. The van der Waals surface area contributed by atoms with Gasteiger partial charge in [-0.15, -0.1) is 0 Å². The van der Waals surface area contributed by atoms with Crippen LogP contribution in [0.15, 0.2) is 54.6 Å². The largest absolute Gasteiger partial charge is 0.399 e. The maximum absolute atomic E-state index is 5.76. The van der Waals surface area contributed by atoms with E-state index < -0.39 is 0 Å². The standard InChI is InChI=1S/C21H25N5/c1-2-25-11-13-26(14-12-25)19-9-5-17(6-10-19)21-15-20(23-24-21)16-3-7-18(22)8-4-16/h3-10,15H,2,11-14,22H2,1H3,(H,23,24). The summed E-state index contributed by atoms with van der Waals surface area (Å²) < 4.78 is 0. The lowest BCUT2D eigenvalue weighted by Gasteiger charge is -2.35. The fourth-order valence-corrected chi connectivity index (χ4v) is 3.45. The summed E-state index contributed by atoms with van der Waals surface area (Å²) in [6.45, 7) is 7.84. The Bertz CT molecular complexity index is 843. The molecule has 0 atom stereocenters. The minimum absolute atomic E-state index is 0.767. The van der Waals surface area contributed by atoms with Crippen LogP contribution in [0.1, 0.15) is 6.92 Å². The molecule has 1 aliphatic rings. The van der Waals surface area contributed by atoms with Crippen LogP contribution in [0.3, 0.4) is 0 Å². The topological polar surface area (TPSA) is 61.2 Å². The molecule has 5 nitrogen and oxygen atoms in total. The summed E-state index contributed by atoms with van der Waals surface area (Å²) >= 11 is 0. The molecule has 4 rings (SSSR count). The highest BCUT2D eigenvalue weighted by Gasteiger charge is 2.16. The van der Waals surface area contributed by atoms with Crippen molar-refractivity contribution in [2.75, 3.05) is 43.4 Å². The van der Waals surface area contributed by atoms with Crippen LogP contribution >= 0.6 is 0 Å². The number of aromatic amines is 1. The number of nitrogens with zero attached hydrogens (tertiary/aromatic N) is 3. The number of rotatable bonds is 4. The Labute approximate surface area is 154 Å². The fourth-order valence-electron chi connectivity index (χ4n) is 3.45. The maximum atomic E-state index is 5.76. The first-order chi connectivity index (χ1) is 12.7. The Balaban J connectivity index is 1.48. The molecule has 0 unspecified atom stereocenters. The number of piperazine rings is 1. The Morgan fingerprint density at radius 2 is 1.58 bits per heavy atom. The second kappa shape index (κ2) is 7.22. The molecule has 1 fully saturated rings. The smallest absolute Gasteiger partial charge is 0.0927 e. The van der Waals surface area contributed by atoms with Crippen molar-refractivity contribution >= 4 is 11.4 Å². The van der Waals surface area contributed by atoms with Gasteiger partial charge in [0, 0.05) is 43.1 Å². The molecule has 1 aromatic heterocycles. The molecule has 1 saturated heterocycles. The summed E-state index contributed by atoms with van der Waals surface area (Å²) in [5.41, 5.74) is 12.0. The van der Waals surface area contributed by atoms with Crippen LogP contribution < -0.4 is 10.6 Å². The van der Waals surface area contributed by atoms with Gasteiger partial charge in [0.25, 0.3) is 0 Å². The second-order valence-electron chi connectivity index (χ2n) is 6.76. The van der Waals surface area contributed by atoms with Gasteiger partial charge in [0.15, 0.2) is 0 Å². The first-order valence-electron chi connectivity index (χ1n) is 9.22. The molecule has 0 radical (unpaired) electrons. The van der Waals surface area contributed by atoms with E-state index in [0.717, 1.165) is 60.9 Å². The van der Waals surface area contributed by atoms with Gasteiger partial charge in [-0.2, -0.15) is 5.10 Å². The van der Waals surface area contributed by atoms with Gasteiger partial charge in [0.2, 0.25) is 0 Å². The summed E-state index contributed by atoms with van der Waals surface area (Å²) in [7, 11) is 0. The molecule has 2 aromatic carbocycles. The van der Waals surface area contributed by atoms with Crippen LogP contribution in [0.5, 0.6) is 0 Å². The minimum Gasteiger partial charge on any atom is -0.399 e. The van der Waals surface area contributed by atoms with Crippen molar-refractivity contribution in [3.05, 3.63) is 54.6 Å². The van der Waals surface area contributed by atoms with Gasteiger partial charge in [-0.25, -0.2) is 0 Å². The molecular formula is C21H25N5. The molecule has 2 heterocycles. The predicted octanol–water partition coefficient (Wildman–Crippen LogP) is 3.47. The predicted molar refractivity (Wildman–Crippen MR) is 108 cm³/mol. The van der Waals surface area contributed by atoms with Gasteiger partial charge >= 0.3 is 0 Å². The number of nitrogens with one attached hydrogen (secondary N) is 1. The third-order valence-electron chi connectivity index (χ3n) is 5.15. The van der Waals surface area contributed by atoms with Crippen LogP contribution in [0.4, 0.5) is 11.4 Å². The number of H-pyrrole nitrogens is 1. The lowest BCUT2D eigenvalue weighted by Crippen LogP contribution is -2.46. The molecule has 3 N–H and O–H groups in total. The molecule has 134 valence electrons. The van der Waals surface area contributed by atoms with Gasteiger partial charge in [-0.3, -0.25) is 5.10 Å². The molecule has 0 saturated carbocycles. The summed E-state index contributed by atoms with van der Waals surface area (Å²) in [6.07, 6.45) is 0. The third kappa shape index (κ3) is 3.44. The van der Waals surface area contributed by atoms with E-state index in [4.69, 9.17) is 5.73 Å². The monoisotopic (exact) mass is 347 g/mol. The van der Waals surface area contributed by atoms with Gasteiger partial charge < -0.3 is 15.5 Å². The van der Waals surface area contributed by atoms with Crippen molar-refractivity contribution in [1.29, 1.82) is 0 Å². The van der Waals surface area contributed by atoms with Crippen LogP contribution in [0.2, 0.25) is 0 Å². The second-order valence-corrected chi connectivity index (χ2v) is 6.76. The Morgan fingerprint density at radius 1 is 0.923 bits per heavy atom. The summed E-state index contributed by atoms with van der Waals surface area (Å²) in [5.74, 6) is 0. The van der Waals surface area contributed by atoms with Crippen molar-refractivity contribution in [2.45, 2.75) is 6.92 Å². The number of hydrogen-bond acceptors (Lipinski definition) is 4. The maximum Gasteiger partial charge on any atom is 0.0927 e. The van der Waals surface area contributed by atoms with E-state index in [1.807, 2.05) is 24.3 Å². The molecule has 5 heteroatoms.